The number of hydrogen-bond donors (Lipinski definition) is 1. The number of esters is 1. The lowest BCUT2D eigenvalue weighted by atomic mass is 10.0. The van der Waals surface area contributed by atoms with Crippen LogP contribution in [0.1, 0.15) is 24.5 Å². The average molecular weight is 369 g/mol. The van der Waals surface area contributed by atoms with Gasteiger partial charge in [0.15, 0.2) is 23.1 Å². The highest BCUT2D eigenvalue weighted by atomic mass is 32.2. The van der Waals surface area contributed by atoms with Crippen LogP contribution in [0.15, 0.2) is 18.2 Å². The Bertz CT molecular complexity index is 753. The molecular weight excluding hydrogens is 346 g/mol. The van der Waals surface area contributed by atoms with Gasteiger partial charge in [-0.25, -0.2) is 13.2 Å². The van der Waals surface area contributed by atoms with Crippen molar-refractivity contribution in [3.05, 3.63) is 29.3 Å². The monoisotopic (exact) mass is 369 g/mol. The maximum atomic E-state index is 11.9. The number of sulfone groups is 1. The first kappa shape index (κ1) is 19.2. The van der Waals surface area contributed by atoms with E-state index in [4.69, 9.17) is 9.47 Å². The summed E-state index contributed by atoms with van der Waals surface area (Å²) in [6.07, 6.45) is 0.352. The third-order valence-electron chi connectivity index (χ3n) is 3.86. The lowest BCUT2D eigenvalue weighted by Crippen LogP contribution is -2.48. The van der Waals surface area contributed by atoms with Gasteiger partial charge in [-0.1, -0.05) is 6.07 Å². The Morgan fingerprint density at radius 2 is 1.80 bits per heavy atom. The molecule has 1 atom stereocenters. The summed E-state index contributed by atoms with van der Waals surface area (Å²) in [7, 11) is -3.12. The molecule has 1 amide bonds. The summed E-state index contributed by atoms with van der Waals surface area (Å²) in [6, 6.07) is 5.59. The van der Waals surface area contributed by atoms with Crippen LogP contribution in [0.5, 0.6) is 5.75 Å². The van der Waals surface area contributed by atoms with Gasteiger partial charge in [-0.3, -0.25) is 4.79 Å². The molecule has 25 heavy (non-hydrogen) atoms. The van der Waals surface area contributed by atoms with Gasteiger partial charge in [0.2, 0.25) is 0 Å². The molecule has 1 aliphatic heterocycles. The number of aryl methyl sites for hydroxylation is 2. The molecule has 1 fully saturated rings. The molecule has 8 heteroatoms. The number of rotatable bonds is 6. The van der Waals surface area contributed by atoms with E-state index in [1.807, 2.05) is 19.9 Å². The Morgan fingerprint density at radius 3 is 2.36 bits per heavy atom. The van der Waals surface area contributed by atoms with Crippen molar-refractivity contribution in [3.8, 4) is 5.75 Å². The van der Waals surface area contributed by atoms with Crippen molar-refractivity contribution >= 4 is 21.7 Å². The SMILES string of the molecule is Cc1cc(C)cc(OCC(=O)OCC(=O)N[C@]2(C)CCS(=O)(=O)C2)c1. The van der Waals surface area contributed by atoms with Crippen LogP contribution in [0.4, 0.5) is 0 Å². The molecule has 1 aromatic carbocycles. The summed E-state index contributed by atoms with van der Waals surface area (Å²) < 4.78 is 33.2. The molecule has 1 aliphatic rings. The standard InChI is InChI=1S/C17H23NO6S/c1-12-6-13(2)8-14(7-12)23-10-16(20)24-9-15(19)18-17(3)4-5-25(21,22)11-17/h6-8H,4-5,9-11H2,1-3H3,(H,18,19)/t17-/m1/s1. The number of nitrogens with one attached hydrogen (secondary N) is 1. The zero-order valence-corrected chi connectivity index (χ0v) is 15.4. The van der Waals surface area contributed by atoms with Crippen molar-refractivity contribution in [1.82, 2.24) is 5.32 Å². The van der Waals surface area contributed by atoms with Gasteiger partial charge in [0.25, 0.3) is 5.91 Å². The van der Waals surface area contributed by atoms with Gasteiger partial charge >= 0.3 is 5.97 Å². The van der Waals surface area contributed by atoms with E-state index in [0.29, 0.717) is 12.2 Å². The minimum atomic E-state index is -3.12. The highest BCUT2D eigenvalue weighted by Gasteiger charge is 2.39. The van der Waals surface area contributed by atoms with Gasteiger partial charge < -0.3 is 14.8 Å². The molecule has 1 N–H and O–H groups in total. The van der Waals surface area contributed by atoms with Crippen molar-refractivity contribution in [1.29, 1.82) is 0 Å². The predicted octanol–water partition coefficient (Wildman–Crippen LogP) is 0.919. The fourth-order valence-corrected chi connectivity index (χ4v) is 4.92. The summed E-state index contributed by atoms with van der Waals surface area (Å²) in [5.41, 5.74) is 1.22. The van der Waals surface area contributed by atoms with E-state index in [9.17, 15) is 18.0 Å². The summed E-state index contributed by atoms with van der Waals surface area (Å²) >= 11 is 0. The van der Waals surface area contributed by atoms with E-state index in [1.54, 1.807) is 19.1 Å². The largest absolute Gasteiger partial charge is 0.482 e. The minimum absolute atomic E-state index is 0.0489. The number of carbonyl (C=O) groups excluding carboxylic acids is 2. The van der Waals surface area contributed by atoms with Gasteiger partial charge in [-0.15, -0.1) is 0 Å². The lowest BCUT2D eigenvalue weighted by molar-refractivity contribution is -0.150. The van der Waals surface area contributed by atoms with Crippen molar-refractivity contribution in [2.45, 2.75) is 32.7 Å². The number of carbonyl (C=O) groups is 2. The second kappa shape index (κ2) is 7.43. The van der Waals surface area contributed by atoms with E-state index in [0.717, 1.165) is 11.1 Å². The first-order chi connectivity index (χ1) is 11.6. The van der Waals surface area contributed by atoms with Crippen LogP contribution in [0.25, 0.3) is 0 Å². The second-order valence-corrected chi connectivity index (χ2v) is 8.91. The Kier molecular flexibility index (Phi) is 5.72. The molecule has 2 rings (SSSR count). The Morgan fingerprint density at radius 1 is 1.16 bits per heavy atom. The molecule has 0 spiro atoms. The van der Waals surface area contributed by atoms with Crippen molar-refractivity contribution in [2.24, 2.45) is 0 Å². The van der Waals surface area contributed by atoms with Crippen LogP contribution in [-0.4, -0.2) is 50.6 Å². The third-order valence-corrected chi connectivity index (χ3v) is 5.76. The van der Waals surface area contributed by atoms with E-state index in [1.165, 1.54) is 0 Å². The number of ether oxygens (including phenoxy) is 2. The number of benzene rings is 1. The third kappa shape index (κ3) is 6.04. The van der Waals surface area contributed by atoms with E-state index in [2.05, 4.69) is 5.32 Å². The van der Waals surface area contributed by atoms with Gasteiger partial charge in [0.05, 0.1) is 17.0 Å². The highest BCUT2D eigenvalue weighted by Crippen LogP contribution is 2.22. The maximum absolute atomic E-state index is 11.9. The van der Waals surface area contributed by atoms with Crippen molar-refractivity contribution in [3.63, 3.8) is 0 Å². The summed E-state index contributed by atoms with van der Waals surface area (Å²) in [6.45, 7) is 4.74. The molecule has 0 aromatic heterocycles. The lowest BCUT2D eigenvalue weighted by Gasteiger charge is -2.23. The fraction of sp³-hybridized carbons (Fsp3) is 0.529. The summed E-state index contributed by atoms with van der Waals surface area (Å²) in [5.74, 6) is -0.691. The topological polar surface area (TPSA) is 98.8 Å². The second-order valence-electron chi connectivity index (χ2n) is 6.72. The Hall–Kier alpha value is -2.09. The zero-order valence-electron chi connectivity index (χ0n) is 14.6. The fourth-order valence-electron chi connectivity index (χ4n) is 2.83. The van der Waals surface area contributed by atoms with E-state index in [-0.39, 0.29) is 18.1 Å². The van der Waals surface area contributed by atoms with Crippen LogP contribution in [0.2, 0.25) is 0 Å². The van der Waals surface area contributed by atoms with Crippen LogP contribution < -0.4 is 10.1 Å². The zero-order chi connectivity index (χ0) is 18.7. The average Bonchev–Trinajstić information content (AvgIpc) is 2.75. The number of amides is 1. The summed E-state index contributed by atoms with van der Waals surface area (Å²) in [4.78, 5) is 23.5. The molecule has 0 radical (unpaired) electrons. The molecule has 1 saturated heterocycles. The first-order valence-electron chi connectivity index (χ1n) is 7.95. The van der Waals surface area contributed by atoms with Gasteiger partial charge in [-0.2, -0.15) is 0 Å². The highest BCUT2D eigenvalue weighted by molar-refractivity contribution is 7.91. The quantitative estimate of drug-likeness (QED) is 0.749. The van der Waals surface area contributed by atoms with Crippen molar-refractivity contribution in [2.75, 3.05) is 24.7 Å². The van der Waals surface area contributed by atoms with Gasteiger partial charge in [0, 0.05) is 0 Å². The van der Waals surface area contributed by atoms with Gasteiger partial charge in [0.1, 0.15) is 5.75 Å². The van der Waals surface area contributed by atoms with E-state index < -0.39 is 33.9 Å². The maximum Gasteiger partial charge on any atom is 0.344 e. The molecule has 1 heterocycles. The van der Waals surface area contributed by atoms with E-state index >= 15 is 0 Å². The van der Waals surface area contributed by atoms with Crippen LogP contribution in [0, 0.1) is 13.8 Å². The molecule has 0 unspecified atom stereocenters. The minimum Gasteiger partial charge on any atom is -0.482 e. The Labute approximate surface area is 147 Å². The molecule has 0 saturated carbocycles. The van der Waals surface area contributed by atoms with Crippen molar-refractivity contribution < 1.29 is 27.5 Å². The molecule has 0 aliphatic carbocycles. The molecule has 1 aromatic rings. The molecule has 7 nitrogen and oxygen atoms in total. The van der Waals surface area contributed by atoms with Crippen LogP contribution >= 0.6 is 0 Å². The van der Waals surface area contributed by atoms with Crippen LogP contribution in [0.3, 0.4) is 0 Å². The number of hydrogen-bond acceptors (Lipinski definition) is 6. The predicted molar refractivity (Wildman–Crippen MR) is 92.2 cm³/mol. The molecule has 138 valence electrons. The molecular formula is C17H23NO6S. The summed E-state index contributed by atoms with van der Waals surface area (Å²) in [5, 5.41) is 2.62. The molecule has 0 bridgehead atoms. The Balaban J connectivity index is 1.75. The van der Waals surface area contributed by atoms with Gasteiger partial charge in [-0.05, 0) is 50.5 Å². The first-order valence-corrected chi connectivity index (χ1v) is 9.77. The smallest absolute Gasteiger partial charge is 0.344 e. The normalized spacial score (nSPS) is 21.6. The van der Waals surface area contributed by atoms with Crippen LogP contribution in [-0.2, 0) is 24.2 Å².